The van der Waals surface area contributed by atoms with Crippen LogP contribution in [0.5, 0.6) is 0 Å². The quantitative estimate of drug-likeness (QED) is 0.617. The van der Waals surface area contributed by atoms with Gasteiger partial charge in [0.1, 0.15) is 0 Å². The molecule has 2 bridgehead atoms. The highest BCUT2D eigenvalue weighted by molar-refractivity contribution is 5.08. The van der Waals surface area contributed by atoms with Crippen molar-refractivity contribution in [3.8, 4) is 0 Å². The molecule has 2 heteroatoms. The van der Waals surface area contributed by atoms with Crippen molar-refractivity contribution in [2.24, 2.45) is 11.8 Å². The van der Waals surface area contributed by atoms with Gasteiger partial charge in [0.15, 0.2) is 0 Å². The summed E-state index contributed by atoms with van der Waals surface area (Å²) in [5, 5.41) is 13.4. The molecule has 2 nitrogen and oxygen atoms in total. The molecule has 0 aromatic rings. The zero-order chi connectivity index (χ0) is 8.06. The fraction of sp³-hybridized carbons (Fsp3) is 1.00. The van der Waals surface area contributed by atoms with E-state index in [0.29, 0.717) is 12.0 Å². The highest BCUT2D eigenvalue weighted by Crippen LogP contribution is 2.47. The maximum absolute atomic E-state index is 9.98. The van der Waals surface area contributed by atoms with Crippen molar-refractivity contribution < 1.29 is 5.11 Å². The van der Waals surface area contributed by atoms with Crippen molar-refractivity contribution in [1.82, 2.24) is 5.32 Å². The lowest BCUT2D eigenvalue weighted by molar-refractivity contribution is -0.0614. The van der Waals surface area contributed by atoms with E-state index in [1.54, 1.807) is 0 Å². The van der Waals surface area contributed by atoms with Gasteiger partial charge < -0.3 is 10.4 Å². The van der Waals surface area contributed by atoms with Gasteiger partial charge in [-0.2, -0.15) is 0 Å². The van der Waals surface area contributed by atoms with E-state index in [-0.39, 0.29) is 0 Å². The van der Waals surface area contributed by atoms with Gasteiger partial charge in [-0.3, -0.25) is 0 Å². The lowest BCUT2D eigenvalue weighted by Crippen LogP contribution is -2.51. The number of fused-ring (bicyclic) bond motifs is 1. The van der Waals surface area contributed by atoms with Crippen molar-refractivity contribution in [3.05, 3.63) is 0 Å². The van der Waals surface area contributed by atoms with Crippen molar-refractivity contribution in [2.75, 3.05) is 6.54 Å². The monoisotopic (exact) mass is 155 g/mol. The summed E-state index contributed by atoms with van der Waals surface area (Å²) in [6, 6.07) is 0.620. The minimum atomic E-state index is -0.420. The van der Waals surface area contributed by atoms with E-state index in [9.17, 15) is 5.11 Å². The number of nitrogens with one attached hydrogen (secondary N) is 1. The van der Waals surface area contributed by atoms with Crippen molar-refractivity contribution in [1.29, 1.82) is 0 Å². The molecule has 2 N–H and O–H groups in total. The first-order valence-corrected chi connectivity index (χ1v) is 4.61. The van der Waals surface area contributed by atoms with Crippen LogP contribution in [0.3, 0.4) is 0 Å². The van der Waals surface area contributed by atoms with E-state index in [1.165, 1.54) is 6.42 Å². The number of aliphatic hydroxyl groups is 1. The topological polar surface area (TPSA) is 32.3 Å². The van der Waals surface area contributed by atoms with Crippen molar-refractivity contribution in [3.63, 3.8) is 0 Å². The highest BCUT2D eigenvalue weighted by Gasteiger charge is 2.53. The predicted octanol–water partition coefficient (Wildman–Crippen LogP) is 0.755. The number of hydrogen-bond donors (Lipinski definition) is 2. The minimum Gasteiger partial charge on any atom is -0.390 e. The van der Waals surface area contributed by atoms with E-state index in [4.69, 9.17) is 0 Å². The Morgan fingerprint density at radius 1 is 1.64 bits per heavy atom. The third kappa shape index (κ3) is 0.926. The van der Waals surface area contributed by atoms with Crippen LogP contribution in [0.4, 0.5) is 0 Å². The van der Waals surface area contributed by atoms with E-state index >= 15 is 0 Å². The largest absolute Gasteiger partial charge is 0.390 e. The number of rotatable bonds is 2. The van der Waals surface area contributed by atoms with E-state index in [1.807, 2.05) is 6.92 Å². The van der Waals surface area contributed by atoms with Crippen molar-refractivity contribution >= 4 is 0 Å². The summed E-state index contributed by atoms with van der Waals surface area (Å²) in [6.45, 7) is 5.17. The van der Waals surface area contributed by atoms with Crippen LogP contribution >= 0.6 is 0 Å². The molecule has 0 radical (unpaired) electrons. The molecule has 3 fully saturated rings. The lowest BCUT2D eigenvalue weighted by atomic mass is 9.64. The Morgan fingerprint density at radius 2 is 2.36 bits per heavy atom. The molecule has 0 spiro atoms. The predicted molar refractivity (Wildman–Crippen MR) is 44.3 cm³/mol. The molecule has 2 aliphatic heterocycles. The molecule has 0 aromatic carbocycles. The fourth-order valence-electron chi connectivity index (χ4n) is 2.65. The molecule has 3 aliphatic rings. The van der Waals surface area contributed by atoms with Crippen LogP contribution < -0.4 is 5.32 Å². The van der Waals surface area contributed by atoms with Gasteiger partial charge in [-0.25, -0.2) is 0 Å². The van der Waals surface area contributed by atoms with Gasteiger partial charge in [0.05, 0.1) is 5.60 Å². The van der Waals surface area contributed by atoms with Gasteiger partial charge in [-0.1, -0.05) is 6.92 Å². The molecule has 1 aliphatic carbocycles. The van der Waals surface area contributed by atoms with E-state index in [2.05, 4.69) is 12.2 Å². The molecule has 3 rings (SSSR count). The summed E-state index contributed by atoms with van der Waals surface area (Å²) in [6.07, 6.45) is 2.17. The van der Waals surface area contributed by atoms with Gasteiger partial charge in [-0.05, 0) is 32.2 Å². The summed E-state index contributed by atoms with van der Waals surface area (Å²) in [7, 11) is 0. The first-order valence-electron chi connectivity index (χ1n) is 4.61. The van der Waals surface area contributed by atoms with Crippen LogP contribution in [-0.2, 0) is 0 Å². The first-order chi connectivity index (χ1) is 5.15. The van der Waals surface area contributed by atoms with Gasteiger partial charge in [0, 0.05) is 12.0 Å². The SMILES string of the molecule is CCC(C)(O)C1C2CNC1C2. The Bertz CT molecular complexity index is 153. The summed E-state index contributed by atoms with van der Waals surface area (Å²) < 4.78 is 0. The Labute approximate surface area is 68.0 Å². The van der Waals surface area contributed by atoms with Crippen LogP contribution in [0.2, 0.25) is 0 Å². The maximum atomic E-state index is 9.98. The molecule has 2 heterocycles. The molecule has 4 atom stereocenters. The fourth-order valence-corrected chi connectivity index (χ4v) is 2.65. The molecule has 0 aromatic heterocycles. The molecule has 2 saturated heterocycles. The third-order valence-electron chi connectivity index (χ3n) is 3.57. The Kier molecular flexibility index (Phi) is 1.52. The average molecular weight is 155 g/mol. The van der Waals surface area contributed by atoms with Crippen LogP contribution in [0.1, 0.15) is 26.7 Å². The summed E-state index contributed by atoms with van der Waals surface area (Å²) >= 11 is 0. The van der Waals surface area contributed by atoms with Crippen molar-refractivity contribution in [2.45, 2.75) is 38.3 Å². The van der Waals surface area contributed by atoms with Crippen LogP contribution in [0, 0.1) is 11.8 Å². The van der Waals surface area contributed by atoms with Crippen LogP contribution in [0.25, 0.3) is 0 Å². The van der Waals surface area contributed by atoms with Gasteiger partial charge >= 0.3 is 0 Å². The second kappa shape index (κ2) is 2.20. The molecule has 1 saturated carbocycles. The second-order valence-corrected chi connectivity index (χ2v) is 4.25. The van der Waals surface area contributed by atoms with Gasteiger partial charge in [-0.15, -0.1) is 0 Å². The van der Waals surface area contributed by atoms with Crippen LogP contribution in [-0.4, -0.2) is 23.3 Å². The zero-order valence-electron chi connectivity index (χ0n) is 7.30. The van der Waals surface area contributed by atoms with Crippen LogP contribution in [0.15, 0.2) is 0 Å². The Morgan fingerprint density at radius 3 is 2.73 bits per heavy atom. The van der Waals surface area contributed by atoms with Gasteiger partial charge in [0.25, 0.3) is 0 Å². The molecule has 0 amide bonds. The Hall–Kier alpha value is -0.0800. The average Bonchev–Trinajstić information content (AvgIpc) is 2.44. The number of hydrogen-bond acceptors (Lipinski definition) is 2. The lowest BCUT2D eigenvalue weighted by Gasteiger charge is -2.44. The second-order valence-electron chi connectivity index (χ2n) is 4.25. The zero-order valence-corrected chi connectivity index (χ0v) is 7.30. The van der Waals surface area contributed by atoms with Gasteiger partial charge in [0.2, 0.25) is 0 Å². The minimum absolute atomic E-state index is 0.420. The molecular weight excluding hydrogens is 138 g/mol. The maximum Gasteiger partial charge on any atom is 0.0663 e. The summed E-state index contributed by atoms with van der Waals surface area (Å²) in [5.41, 5.74) is -0.420. The van der Waals surface area contributed by atoms with E-state index in [0.717, 1.165) is 18.9 Å². The summed E-state index contributed by atoms with van der Waals surface area (Å²) in [4.78, 5) is 0. The normalized spacial score (nSPS) is 46.6. The van der Waals surface area contributed by atoms with E-state index < -0.39 is 5.60 Å². The molecule has 64 valence electrons. The standard InChI is InChI=1S/C9H17NO/c1-3-9(2,11)8-6-4-7(8)10-5-6/h6-8,10-11H,3-5H2,1-2H3. The molecular formula is C9H17NO. The highest BCUT2D eigenvalue weighted by atomic mass is 16.3. The Balaban J connectivity index is 2.07. The molecule has 11 heavy (non-hydrogen) atoms. The molecule has 4 unspecified atom stereocenters. The first kappa shape index (κ1) is 7.56. The third-order valence-corrected chi connectivity index (χ3v) is 3.57. The smallest absolute Gasteiger partial charge is 0.0663 e. The summed E-state index contributed by atoms with van der Waals surface area (Å²) in [5.74, 6) is 1.29.